The second kappa shape index (κ2) is 1.23. The third-order valence-corrected chi connectivity index (χ3v) is 1.09. The van der Waals surface area contributed by atoms with Crippen LogP contribution < -0.4 is 0 Å². The van der Waals surface area contributed by atoms with E-state index in [2.05, 4.69) is 13.3 Å². The Hall–Kier alpha value is -0.0400. The lowest BCUT2D eigenvalue weighted by atomic mass is 10.3. The summed E-state index contributed by atoms with van der Waals surface area (Å²) in [4.78, 5) is 0. The molecule has 1 nitrogen and oxygen atoms in total. The van der Waals surface area contributed by atoms with Gasteiger partial charge in [0.15, 0.2) is 0 Å². The Morgan fingerprint density at radius 2 is 2.17 bits per heavy atom. The van der Waals surface area contributed by atoms with Gasteiger partial charge >= 0.3 is 0 Å². The SMILES string of the molecule is C[CH]C1OC1C. The van der Waals surface area contributed by atoms with Gasteiger partial charge in [-0.15, -0.1) is 0 Å². The summed E-state index contributed by atoms with van der Waals surface area (Å²) in [5.74, 6) is 0. The third kappa shape index (κ3) is 0.548. The van der Waals surface area contributed by atoms with E-state index < -0.39 is 0 Å². The molecular weight excluding hydrogens is 76.1 g/mol. The van der Waals surface area contributed by atoms with Crippen LogP contribution in [0.15, 0.2) is 0 Å². The Morgan fingerprint density at radius 3 is 2.17 bits per heavy atom. The molecule has 1 heteroatoms. The van der Waals surface area contributed by atoms with Crippen molar-refractivity contribution in [3.8, 4) is 0 Å². The van der Waals surface area contributed by atoms with Crippen molar-refractivity contribution in [1.29, 1.82) is 0 Å². The first-order chi connectivity index (χ1) is 2.84. The Labute approximate surface area is 38.3 Å². The average molecular weight is 85.1 g/mol. The number of ether oxygens (including phenoxy) is 1. The molecule has 2 atom stereocenters. The first-order valence-corrected chi connectivity index (χ1v) is 2.29. The first-order valence-electron chi connectivity index (χ1n) is 2.29. The molecule has 6 heavy (non-hydrogen) atoms. The Morgan fingerprint density at radius 1 is 1.67 bits per heavy atom. The molecule has 2 unspecified atom stereocenters. The molecule has 0 aromatic heterocycles. The van der Waals surface area contributed by atoms with Crippen LogP contribution in [0.25, 0.3) is 0 Å². The summed E-state index contributed by atoms with van der Waals surface area (Å²) in [5.41, 5.74) is 0. The summed E-state index contributed by atoms with van der Waals surface area (Å²) in [5, 5.41) is 0. The van der Waals surface area contributed by atoms with E-state index in [4.69, 9.17) is 4.74 Å². The number of epoxide rings is 1. The second-order valence-corrected chi connectivity index (χ2v) is 1.64. The minimum Gasteiger partial charge on any atom is -0.370 e. The summed E-state index contributed by atoms with van der Waals surface area (Å²) < 4.78 is 5.01. The Kier molecular flexibility index (Phi) is 0.845. The quantitative estimate of drug-likeness (QED) is 0.433. The summed E-state index contributed by atoms with van der Waals surface area (Å²) in [7, 11) is 0. The normalized spacial score (nSPS) is 43.0. The van der Waals surface area contributed by atoms with Gasteiger partial charge in [-0.25, -0.2) is 0 Å². The fourth-order valence-corrected chi connectivity index (χ4v) is 0.552. The summed E-state index contributed by atoms with van der Waals surface area (Å²) >= 11 is 0. The van der Waals surface area contributed by atoms with Crippen LogP contribution in [0, 0.1) is 6.42 Å². The molecule has 0 bridgehead atoms. The molecule has 0 saturated carbocycles. The molecule has 35 valence electrons. The molecule has 1 radical (unpaired) electrons. The minimum atomic E-state index is 0.477. The van der Waals surface area contributed by atoms with Gasteiger partial charge in [0.05, 0.1) is 12.2 Å². The molecular formula is C5H9O. The second-order valence-electron chi connectivity index (χ2n) is 1.64. The van der Waals surface area contributed by atoms with Gasteiger partial charge in [-0.05, 0) is 13.3 Å². The Bertz CT molecular complexity index is 49.9. The van der Waals surface area contributed by atoms with Crippen LogP contribution in [0.3, 0.4) is 0 Å². The molecule has 0 spiro atoms. The van der Waals surface area contributed by atoms with Gasteiger partial charge in [0.1, 0.15) is 0 Å². The largest absolute Gasteiger partial charge is 0.370 e. The summed E-state index contributed by atoms with van der Waals surface area (Å²) in [6, 6.07) is 0. The van der Waals surface area contributed by atoms with E-state index >= 15 is 0 Å². The van der Waals surface area contributed by atoms with Crippen LogP contribution in [-0.4, -0.2) is 12.2 Å². The van der Waals surface area contributed by atoms with Gasteiger partial charge in [-0.1, -0.05) is 6.92 Å². The van der Waals surface area contributed by atoms with E-state index in [1.54, 1.807) is 0 Å². The zero-order chi connectivity index (χ0) is 4.57. The van der Waals surface area contributed by atoms with Gasteiger partial charge in [-0.2, -0.15) is 0 Å². The lowest BCUT2D eigenvalue weighted by Crippen LogP contribution is -1.83. The molecule has 0 amide bonds. The monoisotopic (exact) mass is 85.1 g/mol. The van der Waals surface area contributed by atoms with Crippen LogP contribution in [0.2, 0.25) is 0 Å². The summed E-state index contributed by atoms with van der Waals surface area (Å²) in [6.07, 6.45) is 3.06. The maximum atomic E-state index is 5.01. The third-order valence-electron chi connectivity index (χ3n) is 1.09. The van der Waals surface area contributed by atoms with Crippen molar-refractivity contribution in [2.75, 3.05) is 0 Å². The predicted octanol–water partition coefficient (Wildman–Crippen LogP) is 0.998. The minimum absolute atomic E-state index is 0.477. The molecule has 0 N–H and O–H groups in total. The topological polar surface area (TPSA) is 12.5 Å². The molecule has 0 aliphatic carbocycles. The van der Waals surface area contributed by atoms with E-state index in [-0.39, 0.29) is 0 Å². The van der Waals surface area contributed by atoms with E-state index in [0.29, 0.717) is 12.2 Å². The summed E-state index contributed by atoms with van der Waals surface area (Å²) in [6.45, 7) is 4.10. The fourth-order valence-electron chi connectivity index (χ4n) is 0.552. The fraction of sp³-hybridized carbons (Fsp3) is 0.800. The molecule has 0 aromatic rings. The standard InChI is InChI=1S/C5H9O/c1-3-5-4(2)6-5/h3-5H,1-2H3. The molecule has 1 saturated heterocycles. The maximum Gasteiger partial charge on any atom is 0.0867 e. The molecule has 1 aliphatic heterocycles. The molecule has 1 heterocycles. The lowest BCUT2D eigenvalue weighted by molar-refractivity contribution is 0.393. The van der Waals surface area contributed by atoms with Gasteiger partial charge in [0.2, 0.25) is 0 Å². The first kappa shape index (κ1) is 4.13. The Balaban J connectivity index is 2.09. The van der Waals surface area contributed by atoms with Crippen LogP contribution in [0.4, 0.5) is 0 Å². The van der Waals surface area contributed by atoms with Gasteiger partial charge in [-0.3, -0.25) is 0 Å². The van der Waals surface area contributed by atoms with Gasteiger partial charge in [0.25, 0.3) is 0 Å². The smallest absolute Gasteiger partial charge is 0.0867 e. The van der Waals surface area contributed by atoms with Crippen LogP contribution >= 0.6 is 0 Å². The zero-order valence-electron chi connectivity index (χ0n) is 4.14. The van der Waals surface area contributed by atoms with Crippen LogP contribution in [0.5, 0.6) is 0 Å². The molecule has 0 aromatic carbocycles. The number of rotatable bonds is 1. The molecule has 1 aliphatic rings. The number of hydrogen-bond donors (Lipinski definition) is 0. The van der Waals surface area contributed by atoms with Crippen molar-refractivity contribution in [2.24, 2.45) is 0 Å². The van der Waals surface area contributed by atoms with Crippen molar-refractivity contribution in [2.45, 2.75) is 26.1 Å². The highest BCUT2D eigenvalue weighted by atomic mass is 16.6. The van der Waals surface area contributed by atoms with Crippen molar-refractivity contribution < 1.29 is 4.74 Å². The highest BCUT2D eigenvalue weighted by Crippen LogP contribution is 2.22. The highest BCUT2D eigenvalue weighted by Gasteiger charge is 2.31. The van der Waals surface area contributed by atoms with Crippen molar-refractivity contribution in [1.82, 2.24) is 0 Å². The zero-order valence-corrected chi connectivity index (χ0v) is 4.14. The van der Waals surface area contributed by atoms with Crippen molar-refractivity contribution in [3.63, 3.8) is 0 Å². The molecule has 1 fully saturated rings. The van der Waals surface area contributed by atoms with Crippen LogP contribution in [0.1, 0.15) is 13.8 Å². The lowest BCUT2D eigenvalue weighted by Gasteiger charge is -1.71. The van der Waals surface area contributed by atoms with E-state index in [1.165, 1.54) is 0 Å². The van der Waals surface area contributed by atoms with Crippen LogP contribution in [-0.2, 0) is 4.74 Å². The van der Waals surface area contributed by atoms with Gasteiger partial charge < -0.3 is 4.74 Å². The van der Waals surface area contributed by atoms with Crippen molar-refractivity contribution >= 4 is 0 Å². The maximum absolute atomic E-state index is 5.01. The van der Waals surface area contributed by atoms with E-state index in [9.17, 15) is 0 Å². The highest BCUT2D eigenvalue weighted by molar-refractivity contribution is 4.89. The van der Waals surface area contributed by atoms with E-state index in [0.717, 1.165) is 0 Å². The molecule has 1 rings (SSSR count). The average Bonchev–Trinajstić information content (AvgIpc) is 2.19. The van der Waals surface area contributed by atoms with E-state index in [1.807, 2.05) is 6.92 Å². The van der Waals surface area contributed by atoms with Crippen molar-refractivity contribution in [3.05, 3.63) is 6.42 Å². The predicted molar refractivity (Wildman–Crippen MR) is 24.3 cm³/mol. The number of hydrogen-bond acceptors (Lipinski definition) is 1. The van der Waals surface area contributed by atoms with Gasteiger partial charge in [0, 0.05) is 0 Å².